The van der Waals surface area contributed by atoms with Gasteiger partial charge in [-0.2, -0.15) is 0 Å². The second kappa shape index (κ2) is 8.12. The van der Waals surface area contributed by atoms with Crippen LogP contribution in [0.15, 0.2) is 48.9 Å². The Morgan fingerprint density at radius 3 is 2.36 bits per heavy atom. The minimum absolute atomic E-state index is 0.0643. The molecule has 0 fully saturated rings. The predicted molar refractivity (Wildman–Crippen MR) is 109 cm³/mol. The standard InChI is InChI=1S/C21H24N6O/c1-14-12-19(25-21(24-14)26(3)4)16-6-8-17(9-7-16)20(28)27(5)15(2)18-10-11-22-13-23-18/h6-13,15H,1-5H3/t15-/m0/s1. The van der Waals surface area contributed by atoms with Gasteiger partial charge in [-0.15, -0.1) is 0 Å². The lowest BCUT2D eigenvalue weighted by molar-refractivity contribution is 0.0739. The highest BCUT2D eigenvalue weighted by Crippen LogP contribution is 2.23. The molecule has 0 unspecified atom stereocenters. The third-order valence-corrected chi connectivity index (χ3v) is 4.60. The van der Waals surface area contributed by atoms with Gasteiger partial charge in [0.2, 0.25) is 5.95 Å². The van der Waals surface area contributed by atoms with Crippen molar-refractivity contribution in [1.82, 2.24) is 24.8 Å². The number of aryl methyl sites for hydroxylation is 1. The summed E-state index contributed by atoms with van der Waals surface area (Å²) >= 11 is 0. The van der Waals surface area contributed by atoms with Gasteiger partial charge in [0, 0.05) is 44.2 Å². The molecule has 0 aliphatic heterocycles. The van der Waals surface area contributed by atoms with Crippen molar-refractivity contribution in [1.29, 1.82) is 0 Å². The van der Waals surface area contributed by atoms with Crippen LogP contribution in [-0.2, 0) is 0 Å². The molecular weight excluding hydrogens is 352 g/mol. The number of anilines is 1. The summed E-state index contributed by atoms with van der Waals surface area (Å²) in [4.78, 5) is 33.6. The average Bonchev–Trinajstić information content (AvgIpc) is 2.72. The molecule has 0 radical (unpaired) electrons. The van der Waals surface area contributed by atoms with Crippen LogP contribution in [0.3, 0.4) is 0 Å². The maximum absolute atomic E-state index is 12.9. The minimum atomic E-state index is -0.151. The zero-order valence-corrected chi connectivity index (χ0v) is 16.8. The first kappa shape index (κ1) is 19.4. The molecule has 0 spiro atoms. The van der Waals surface area contributed by atoms with Gasteiger partial charge in [0.05, 0.1) is 17.4 Å². The lowest BCUT2D eigenvalue weighted by Gasteiger charge is -2.24. The zero-order valence-electron chi connectivity index (χ0n) is 16.8. The van der Waals surface area contributed by atoms with E-state index in [-0.39, 0.29) is 11.9 Å². The minimum Gasteiger partial charge on any atom is -0.347 e. The van der Waals surface area contributed by atoms with Crippen LogP contribution in [0.2, 0.25) is 0 Å². The molecule has 0 aliphatic rings. The van der Waals surface area contributed by atoms with Gasteiger partial charge in [-0.25, -0.2) is 19.9 Å². The molecule has 0 aliphatic carbocycles. The number of hydrogen-bond acceptors (Lipinski definition) is 6. The van der Waals surface area contributed by atoms with Crippen molar-refractivity contribution < 1.29 is 4.79 Å². The number of hydrogen-bond donors (Lipinski definition) is 0. The SMILES string of the molecule is Cc1cc(-c2ccc(C(=O)N(C)[C@@H](C)c3ccncn3)cc2)nc(N(C)C)n1. The molecule has 1 atom stereocenters. The first-order valence-electron chi connectivity index (χ1n) is 9.03. The number of aromatic nitrogens is 4. The van der Waals surface area contributed by atoms with E-state index in [4.69, 9.17) is 0 Å². The van der Waals surface area contributed by atoms with Crippen molar-refractivity contribution in [2.75, 3.05) is 26.0 Å². The van der Waals surface area contributed by atoms with E-state index in [2.05, 4.69) is 19.9 Å². The van der Waals surface area contributed by atoms with Crippen LogP contribution >= 0.6 is 0 Å². The van der Waals surface area contributed by atoms with E-state index in [0.717, 1.165) is 22.6 Å². The van der Waals surface area contributed by atoms with Gasteiger partial charge in [-0.3, -0.25) is 4.79 Å². The molecule has 28 heavy (non-hydrogen) atoms. The van der Waals surface area contributed by atoms with E-state index >= 15 is 0 Å². The molecule has 0 saturated carbocycles. The van der Waals surface area contributed by atoms with Crippen LogP contribution in [0.25, 0.3) is 11.3 Å². The van der Waals surface area contributed by atoms with Gasteiger partial charge < -0.3 is 9.80 Å². The largest absolute Gasteiger partial charge is 0.347 e. The molecule has 1 amide bonds. The molecule has 3 aromatic rings. The summed E-state index contributed by atoms with van der Waals surface area (Å²) in [5.41, 5.74) is 4.09. The first-order chi connectivity index (χ1) is 13.4. The number of carbonyl (C=O) groups excluding carboxylic acids is 1. The molecule has 0 saturated heterocycles. The van der Waals surface area contributed by atoms with Gasteiger partial charge in [0.15, 0.2) is 0 Å². The molecule has 7 heteroatoms. The smallest absolute Gasteiger partial charge is 0.254 e. The van der Waals surface area contributed by atoms with Crippen molar-refractivity contribution in [2.24, 2.45) is 0 Å². The highest BCUT2D eigenvalue weighted by atomic mass is 16.2. The Hall–Kier alpha value is -3.35. The topological polar surface area (TPSA) is 75.1 Å². The summed E-state index contributed by atoms with van der Waals surface area (Å²) < 4.78 is 0. The van der Waals surface area contributed by atoms with E-state index in [1.165, 1.54) is 6.33 Å². The predicted octanol–water partition coefficient (Wildman–Crippen LogP) is 3.14. The van der Waals surface area contributed by atoms with Crippen LogP contribution in [0.4, 0.5) is 5.95 Å². The quantitative estimate of drug-likeness (QED) is 0.681. The zero-order chi connectivity index (χ0) is 20.3. The van der Waals surface area contributed by atoms with E-state index in [9.17, 15) is 4.79 Å². The fraction of sp³-hybridized carbons (Fsp3) is 0.286. The number of amides is 1. The fourth-order valence-corrected chi connectivity index (χ4v) is 2.81. The van der Waals surface area contributed by atoms with Gasteiger partial charge in [0.25, 0.3) is 5.91 Å². The normalized spacial score (nSPS) is 11.8. The van der Waals surface area contributed by atoms with Crippen LogP contribution in [0.5, 0.6) is 0 Å². The van der Waals surface area contributed by atoms with Crippen molar-refractivity contribution >= 4 is 11.9 Å². The van der Waals surface area contributed by atoms with Crippen LogP contribution in [0.1, 0.15) is 34.7 Å². The Morgan fingerprint density at radius 1 is 1.04 bits per heavy atom. The maximum Gasteiger partial charge on any atom is 0.254 e. The Labute approximate surface area is 165 Å². The third kappa shape index (κ3) is 4.14. The van der Waals surface area contributed by atoms with Crippen LogP contribution in [-0.4, -0.2) is 51.9 Å². The van der Waals surface area contributed by atoms with Gasteiger partial charge in [0.1, 0.15) is 6.33 Å². The highest BCUT2D eigenvalue weighted by Gasteiger charge is 2.20. The van der Waals surface area contributed by atoms with Crippen molar-refractivity contribution in [2.45, 2.75) is 19.9 Å². The van der Waals surface area contributed by atoms with E-state index in [1.807, 2.05) is 69.2 Å². The van der Waals surface area contributed by atoms with Gasteiger partial charge in [-0.1, -0.05) is 12.1 Å². The molecule has 0 bridgehead atoms. The molecule has 0 N–H and O–H groups in total. The van der Waals surface area contributed by atoms with Crippen LogP contribution in [0, 0.1) is 6.92 Å². The summed E-state index contributed by atoms with van der Waals surface area (Å²) in [5.74, 6) is 0.596. The molecule has 144 valence electrons. The van der Waals surface area contributed by atoms with E-state index in [0.29, 0.717) is 11.5 Å². The van der Waals surface area contributed by atoms with Crippen molar-refractivity contribution in [3.05, 3.63) is 65.9 Å². The van der Waals surface area contributed by atoms with Crippen molar-refractivity contribution in [3.63, 3.8) is 0 Å². The van der Waals surface area contributed by atoms with Gasteiger partial charge >= 0.3 is 0 Å². The monoisotopic (exact) mass is 376 g/mol. The van der Waals surface area contributed by atoms with Crippen LogP contribution < -0.4 is 4.90 Å². The van der Waals surface area contributed by atoms with E-state index in [1.54, 1.807) is 18.1 Å². The summed E-state index contributed by atoms with van der Waals surface area (Å²) in [6, 6.07) is 11.1. The lowest BCUT2D eigenvalue weighted by Crippen LogP contribution is -2.30. The second-order valence-corrected chi connectivity index (χ2v) is 6.89. The maximum atomic E-state index is 12.9. The molecule has 2 aromatic heterocycles. The number of carbonyl (C=O) groups is 1. The molecule has 7 nitrogen and oxygen atoms in total. The average molecular weight is 376 g/mol. The van der Waals surface area contributed by atoms with E-state index < -0.39 is 0 Å². The fourth-order valence-electron chi connectivity index (χ4n) is 2.81. The summed E-state index contributed by atoms with van der Waals surface area (Å²) in [6.45, 7) is 3.89. The summed E-state index contributed by atoms with van der Waals surface area (Å²) in [7, 11) is 5.60. The Bertz CT molecular complexity index is 956. The first-order valence-corrected chi connectivity index (χ1v) is 9.03. The molecule has 1 aromatic carbocycles. The number of nitrogens with zero attached hydrogens (tertiary/aromatic N) is 6. The molecule has 3 rings (SSSR count). The Balaban J connectivity index is 1.81. The number of rotatable bonds is 5. The van der Waals surface area contributed by atoms with Gasteiger partial charge in [-0.05, 0) is 38.1 Å². The molecule has 2 heterocycles. The second-order valence-electron chi connectivity index (χ2n) is 6.89. The highest BCUT2D eigenvalue weighted by molar-refractivity contribution is 5.94. The third-order valence-electron chi connectivity index (χ3n) is 4.60. The van der Waals surface area contributed by atoms with Crippen molar-refractivity contribution in [3.8, 4) is 11.3 Å². The molecular formula is C21H24N6O. The summed E-state index contributed by atoms with van der Waals surface area (Å²) in [6.07, 6.45) is 3.17. The number of benzene rings is 1. The Kier molecular flexibility index (Phi) is 5.63. The Morgan fingerprint density at radius 2 is 1.75 bits per heavy atom. The lowest BCUT2D eigenvalue weighted by atomic mass is 10.1. The summed E-state index contributed by atoms with van der Waals surface area (Å²) in [5, 5.41) is 0.